The molecule has 0 bridgehead atoms. The second-order valence-electron chi connectivity index (χ2n) is 2.49. The number of alkyl halides is 1. The van der Waals surface area contributed by atoms with E-state index in [1.54, 1.807) is 12.1 Å². The number of benzene rings is 1. The van der Waals surface area contributed by atoms with E-state index in [0.717, 1.165) is 6.92 Å². The van der Waals surface area contributed by atoms with Gasteiger partial charge in [-0.3, -0.25) is 0 Å². The molecule has 0 aliphatic heterocycles. The van der Waals surface area contributed by atoms with Crippen LogP contribution < -0.4 is 4.74 Å². The van der Waals surface area contributed by atoms with E-state index in [-0.39, 0.29) is 5.75 Å². The molecule has 0 saturated carbocycles. The SMILES string of the molecule is CC(F)C(=O)Oc1cccc(Cl)c1. The molecular formula is C9H8ClFO2. The lowest BCUT2D eigenvalue weighted by Gasteiger charge is -2.04. The van der Waals surface area contributed by atoms with Gasteiger partial charge in [0, 0.05) is 5.02 Å². The lowest BCUT2D eigenvalue weighted by molar-refractivity contribution is -0.139. The Kier molecular flexibility index (Phi) is 3.25. The zero-order valence-corrected chi connectivity index (χ0v) is 7.72. The van der Waals surface area contributed by atoms with Crippen LogP contribution in [0, 0.1) is 0 Å². The Hall–Kier alpha value is -1.09. The summed E-state index contributed by atoms with van der Waals surface area (Å²) in [5.41, 5.74) is 0. The number of hydrogen-bond acceptors (Lipinski definition) is 2. The van der Waals surface area contributed by atoms with Crippen molar-refractivity contribution in [1.82, 2.24) is 0 Å². The van der Waals surface area contributed by atoms with E-state index in [9.17, 15) is 9.18 Å². The molecule has 0 heterocycles. The Balaban J connectivity index is 2.69. The van der Waals surface area contributed by atoms with Crippen LogP contribution in [0.3, 0.4) is 0 Å². The largest absolute Gasteiger partial charge is 0.424 e. The number of esters is 1. The first-order valence-electron chi connectivity index (χ1n) is 3.71. The van der Waals surface area contributed by atoms with Gasteiger partial charge in [-0.05, 0) is 25.1 Å². The molecule has 0 aliphatic carbocycles. The van der Waals surface area contributed by atoms with Crippen LogP contribution in [0.2, 0.25) is 5.02 Å². The van der Waals surface area contributed by atoms with Gasteiger partial charge in [0.25, 0.3) is 0 Å². The second kappa shape index (κ2) is 4.23. The Morgan fingerprint density at radius 1 is 1.62 bits per heavy atom. The minimum atomic E-state index is -1.63. The maximum atomic E-state index is 12.4. The van der Waals surface area contributed by atoms with E-state index >= 15 is 0 Å². The topological polar surface area (TPSA) is 26.3 Å². The third-order valence-corrected chi connectivity index (χ3v) is 1.57. The Bertz CT molecular complexity index is 312. The van der Waals surface area contributed by atoms with Crippen molar-refractivity contribution in [2.24, 2.45) is 0 Å². The molecule has 0 radical (unpaired) electrons. The fraction of sp³-hybridized carbons (Fsp3) is 0.222. The smallest absolute Gasteiger partial charge is 0.345 e. The molecule has 1 unspecified atom stereocenters. The van der Waals surface area contributed by atoms with Crippen molar-refractivity contribution in [1.29, 1.82) is 0 Å². The first kappa shape index (κ1) is 9.99. The summed E-state index contributed by atoms with van der Waals surface area (Å²) in [6.07, 6.45) is -1.63. The lowest BCUT2D eigenvalue weighted by Crippen LogP contribution is -2.18. The summed E-state index contributed by atoms with van der Waals surface area (Å²) in [5.74, 6) is -0.663. The molecule has 70 valence electrons. The van der Waals surface area contributed by atoms with Crippen LogP contribution in [-0.4, -0.2) is 12.1 Å². The molecule has 1 rings (SSSR count). The minimum Gasteiger partial charge on any atom is -0.424 e. The first-order chi connectivity index (χ1) is 6.09. The van der Waals surface area contributed by atoms with Crippen LogP contribution in [0.5, 0.6) is 5.75 Å². The van der Waals surface area contributed by atoms with Crippen LogP contribution in [-0.2, 0) is 4.79 Å². The van der Waals surface area contributed by atoms with Gasteiger partial charge >= 0.3 is 5.97 Å². The van der Waals surface area contributed by atoms with E-state index in [0.29, 0.717) is 5.02 Å². The van der Waals surface area contributed by atoms with Gasteiger partial charge in [-0.1, -0.05) is 17.7 Å². The van der Waals surface area contributed by atoms with Gasteiger partial charge in [0.1, 0.15) is 5.75 Å². The quantitative estimate of drug-likeness (QED) is 0.544. The fourth-order valence-electron chi connectivity index (χ4n) is 0.728. The highest BCUT2D eigenvalue weighted by atomic mass is 35.5. The Morgan fingerprint density at radius 3 is 2.85 bits per heavy atom. The normalized spacial score (nSPS) is 12.2. The van der Waals surface area contributed by atoms with E-state index < -0.39 is 12.1 Å². The number of carbonyl (C=O) groups excluding carboxylic acids is 1. The van der Waals surface area contributed by atoms with Crippen molar-refractivity contribution in [3.63, 3.8) is 0 Å². The molecule has 2 nitrogen and oxygen atoms in total. The highest BCUT2D eigenvalue weighted by molar-refractivity contribution is 6.30. The fourth-order valence-corrected chi connectivity index (χ4v) is 0.908. The monoisotopic (exact) mass is 202 g/mol. The summed E-state index contributed by atoms with van der Waals surface area (Å²) in [5, 5.41) is 0.441. The molecule has 0 amide bonds. The zero-order chi connectivity index (χ0) is 9.84. The van der Waals surface area contributed by atoms with Gasteiger partial charge in [0.15, 0.2) is 6.17 Å². The predicted octanol–water partition coefficient (Wildman–Crippen LogP) is 2.60. The summed E-state index contributed by atoms with van der Waals surface area (Å²) in [6, 6.07) is 6.24. The molecule has 13 heavy (non-hydrogen) atoms. The molecule has 0 aromatic heterocycles. The summed E-state index contributed by atoms with van der Waals surface area (Å²) in [4.78, 5) is 10.8. The van der Waals surface area contributed by atoms with Crippen LogP contribution in [0.15, 0.2) is 24.3 Å². The van der Waals surface area contributed by atoms with E-state index in [1.807, 2.05) is 0 Å². The average molecular weight is 203 g/mol. The van der Waals surface area contributed by atoms with Crippen molar-refractivity contribution in [3.05, 3.63) is 29.3 Å². The van der Waals surface area contributed by atoms with Crippen molar-refractivity contribution >= 4 is 17.6 Å². The first-order valence-corrected chi connectivity index (χ1v) is 4.08. The van der Waals surface area contributed by atoms with Crippen molar-refractivity contribution in [3.8, 4) is 5.75 Å². The third-order valence-electron chi connectivity index (χ3n) is 1.34. The average Bonchev–Trinajstić information content (AvgIpc) is 2.04. The van der Waals surface area contributed by atoms with Gasteiger partial charge in [-0.15, -0.1) is 0 Å². The van der Waals surface area contributed by atoms with Crippen LogP contribution in [0.1, 0.15) is 6.92 Å². The highest BCUT2D eigenvalue weighted by Crippen LogP contribution is 2.17. The van der Waals surface area contributed by atoms with E-state index in [4.69, 9.17) is 11.6 Å². The van der Waals surface area contributed by atoms with Gasteiger partial charge in [0.05, 0.1) is 0 Å². The van der Waals surface area contributed by atoms with Crippen LogP contribution >= 0.6 is 11.6 Å². The molecular weight excluding hydrogens is 195 g/mol. The standard InChI is InChI=1S/C9H8ClFO2/c1-6(11)9(12)13-8-4-2-3-7(10)5-8/h2-6H,1H3. The molecule has 1 aromatic rings. The maximum absolute atomic E-state index is 12.4. The predicted molar refractivity (Wildman–Crippen MR) is 47.7 cm³/mol. The summed E-state index contributed by atoms with van der Waals surface area (Å²) in [6.45, 7) is 1.12. The lowest BCUT2D eigenvalue weighted by atomic mass is 10.3. The number of carbonyl (C=O) groups is 1. The highest BCUT2D eigenvalue weighted by Gasteiger charge is 2.13. The van der Waals surface area contributed by atoms with Crippen LogP contribution in [0.4, 0.5) is 4.39 Å². The summed E-state index contributed by atoms with van der Waals surface area (Å²) < 4.78 is 17.0. The van der Waals surface area contributed by atoms with Gasteiger partial charge in [-0.2, -0.15) is 0 Å². The van der Waals surface area contributed by atoms with Crippen molar-refractivity contribution in [2.75, 3.05) is 0 Å². The number of ether oxygens (including phenoxy) is 1. The van der Waals surface area contributed by atoms with Crippen molar-refractivity contribution in [2.45, 2.75) is 13.1 Å². The Labute approximate surface area is 80.3 Å². The molecule has 0 N–H and O–H groups in total. The number of halogens is 2. The van der Waals surface area contributed by atoms with E-state index in [2.05, 4.69) is 4.74 Å². The van der Waals surface area contributed by atoms with Crippen molar-refractivity contribution < 1.29 is 13.9 Å². The summed E-state index contributed by atoms with van der Waals surface area (Å²) in [7, 11) is 0. The van der Waals surface area contributed by atoms with Gasteiger partial charge in [-0.25, -0.2) is 9.18 Å². The van der Waals surface area contributed by atoms with Gasteiger partial charge in [0.2, 0.25) is 0 Å². The Morgan fingerprint density at radius 2 is 2.31 bits per heavy atom. The number of hydrogen-bond donors (Lipinski definition) is 0. The number of rotatable bonds is 2. The van der Waals surface area contributed by atoms with E-state index in [1.165, 1.54) is 12.1 Å². The van der Waals surface area contributed by atoms with Gasteiger partial charge < -0.3 is 4.74 Å². The zero-order valence-electron chi connectivity index (χ0n) is 6.96. The molecule has 4 heteroatoms. The van der Waals surface area contributed by atoms with Crippen LogP contribution in [0.25, 0.3) is 0 Å². The maximum Gasteiger partial charge on any atom is 0.345 e. The molecule has 0 spiro atoms. The summed E-state index contributed by atoms with van der Waals surface area (Å²) >= 11 is 5.62. The second-order valence-corrected chi connectivity index (χ2v) is 2.93. The molecule has 0 fully saturated rings. The third kappa shape index (κ3) is 3.03. The minimum absolute atomic E-state index is 0.252. The molecule has 0 saturated heterocycles. The molecule has 1 aromatic carbocycles. The molecule has 0 aliphatic rings. The molecule has 1 atom stereocenters.